The molecule has 0 aliphatic rings. The van der Waals surface area contributed by atoms with Gasteiger partial charge in [0.2, 0.25) is 0 Å². The Hall–Kier alpha value is -2.49. The lowest BCUT2D eigenvalue weighted by Crippen LogP contribution is -2.16. The van der Waals surface area contributed by atoms with Crippen molar-refractivity contribution < 1.29 is 14.6 Å². The second-order valence-corrected chi connectivity index (χ2v) is 4.96. The van der Waals surface area contributed by atoms with Crippen LogP contribution in [0.5, 0.6) is 11.5 Å². The molecule has 110 valence electrons. The van der Waals surface area contributed by atoms with E-state index >= 15 is 0 Å². The number of aromatic hydroxyl groups is 1. The summed E-state index contributed by atoms with van der Waals surface area (Å²) in [7, 11) is 3.58. The fraction of sp³-hybridized carbons (Fsp3) is 0.235. The van der Waals surface area contributed by atoms with Crippen molar-refractivity contribution in [2.45, 2.75) is 13.5 Å². The normalized spacial score (nSPS) is 10.2. The summed E-state index contributed by atoms with van der Waals surface area (Å²) in [4.78, 5) is 13.3. The van der Waals surface area contributed by atoms with Crippen molar-refractivity contribution in [3.05, 3.63) is 53.6 Å². The Morgan fingerprint density at radius 3 is 2.38 bits per heavy atom. The van der Waals surface area contributed by atoms with Crippen LogP contribution in [-0.2, 0) is 6.54 Å². The van der Waals surface area contributed by atoms with Gasteiger partial charge in [0.25, 0.3) is 0 Å². The highest BCUT2D eigenvalue weighted by atomic mass is 16.5. The number of nitrogens with zero attached hydrogens (tertiary/aromatic N) is 1. The van der Waals surface area contributed by atoms with Gasteiger partial charge in [0.1, 0.15) is 11.5 Å². The maximum absolute atomic E-state index is 11.3. The number of anilines is 1. The van der Waals surface area contributed by atoms with Gasteiger partial charge in [-0.05, 0) is 36.8 Å². The molecule has 0 spiro atoms. The van der Waals surface area contributed by atoms with E-state index in [4.69, 9.17) is 4.74 Å². The summed E-state index contributed by atoms with van der Waals surface area (Å²) in [5, 5.41) is 9.88. The summed E-state index contributed by atoms with van der Waals surface area (Å²) in [6, 6.07) is 12.9. The van der Waals surface area contributed by atoms with E-state index in [9.17, 15) is 9.90 Å². The van der Waals surface area contributed by atoms with Gasteiger partial charge in [-0.15, -0.1) is 0 Å². The molecule has 0 amide bonds. The summed E-state index contributed by atoms with van der Waals surface area (Å²) in [6.45, 7) is 2.14. The third kappa shape index (κ3) is 3.54. The van der Waals surface area contributed by atoms with Crippen molar-refractivity contribution in [2.75, 3.05) is 19.1 Å². The van der Waals surface area contributed by atoms with Gasteiger partial charge in [0.05, 0.1) is 12.7 Å². The van der Waals surface area contributed by atoms with E-state index in [1.54, 1.807) is 19.2 Å². The Morgan fingerprint density at radius 2 is 1.86 bits per heavy atom. The molecule has 2 aromatic rings. The molecule has 0 aliphatic heterocycles. The fourth-order valence-corrected chi connectivity index (χ4v) is 2.15. The number of methoxy groups -OCH3 is 1. The van der Waals surface area contributed by atoms with Crippen LogP contribution >= 0.6 is 0 Å². The van der Waals surface area contributed by atoms with E-state index in [2.05, 4.69) is 0 Å². The molecule has 0 bridgehead atoms. The molecule has 1 N–H and O–H groups in total. The number of benzene rings is 2. The van der Waals surface area contributed by atoms with Crippen LogP contribution in [0, 0.1) is 0 Å². The predicted octanol–water partition coefficient (Wildman–Crippen LogP) is 3.24. The second-order valence-electron chi connectivity index (χ2n) is 4.96. The first-order valence-electron chi connectivity index (χ1n) is 6.69. The van der Waals surface area contributed by atoms with Crippen LogP contribution in [0.4, 0.5) is 5.69 Å². The van der Waals surface area contributed by atoms with E-state index in [1.165, 1.54) is 6.92 Å². The first-order valence-corrected chi connectivity index (χ1v) is 6.69. The van der Waals surface area contributed by atoms with E-state index in [0.29, 0.717) is 12.1 Å². The number of carbonyl (C=O) groups is 1. The lowest BCUT2D eigenvalue weighted by Gasteiger charge is -2.20. The minimum absolute atomic E-state index is 0.0154. The molecule has 2 aromatic carbocycles. The van der Waals surface area contributed by atoms with Gasteiger partial charge in [-0.3, -0.25) is 4.79 Å². The largest absolute Gasteiger partial charge is 0.507 e. The van der Waals surface area contributed by atoms with Crippen molar-refractivity contribution >= 4 is 11.5 Å². The Morgan fingerprint density at radius 1 is 1.19 bits per heavy atom. The highest BCUT2D eigenvalue weighted by molar-refractivity contribution is 5.97. The minimum Gasteiger partial charge on any atom is -0.507 e. The van der Waals surface area contributed by atoms with Crippen LogP contribution in [0.25, 0.3) is 0 Å². The molecule has 0 radical (unpaired) electrons. The highest BCUT2D eigenvalue weighted by Crippen LogP contribution is 2.25. The Balaban J connectivity index is 2.14. The number of rotatable bonds is 5. The van der Waals surface area contributed by atoms with Crippen LogP contribution in [0.3, 0.4) is 0 Å². The van der Waals surface area contributed by atoms with Gasteiger partial charge in [-0.25, -0.2) is 0 Å². The Kier molecular flexibility index (Phi) is 4.48. The number of phenolic OH excluding ortho intramolecular Hbond substituents is 1. The third-order valence-electron chi connectivity index (χ3n) is 3.38. The van der Waals surface area contributed by atoms with Crippen LogP contribution in [0.2, 0.25) is 0 Å². The molecule has 0 atom stereocenters. The van der Waals surface area contributed by atoms with Gasteiger partial charge in [0.15, 0.2) is 5.78 Å². The number of ketones is 1. The van der Waals surface area contributed by atoms with Gasteiger partial charge in [-0.2, -0.15) is 0 Å². The molecule has 0 fully saturated rings. The molecule has 0 saturated heterocycles. The average Bonchev–Trinajstić information content (AvgIpc) is 2.47. The number of phenols is 1. The topological polar surface area (TPSA) is 49.8 Å². The summed E-state index contributed by atoms with van der Waals surface area (Å²) >= 11 is 0. The quantitative estimate of drug-likeness (QED) is 0.857. The van der Waals surface area contributed by atoms with Crippen molar-refractivity contribution in [1.82, 2.24) is 0 Å². The van der Waals surface area contributed by atoms with E-state index in [0.717, 1.165) is 17.0 Å². The third-order valence-corrected chi connectivity index (χ3v) is 3.38. The van der Waals surface area contributed by atoms with Gasteiger partial charge < -0.3 is 14.7 Å². The van der Waals surface area contributed by atoms with E-state index < -0.39 is 0 Å². The molecule has 0 unspecified atom stereocenters. The lowest BCUT2D eigenvalue weighted by atomic mass is 10.1. The van der Waals surface area contributed by atoms with Crippen LogP contribution in [0.15, 0.2) is 42.5 Å². The highest BCUT2D eigenvalue weighted by Gasteiger charge is 2.09. The van der Waals surface area contributed by atoms with E-state index in [1.807, 2.05) is 42.3 Å². The zero-order valence-electron chi connectivity index (χ0n) is 12.5. The monoisotopic (exact) mass is 285 g/mol. The molecule has 0 saturated carbocycles. The standard InChI is InChI=1S/C17H19NO3/c1-12(19)16-9-6-14(10-17(16)20)18(2)11-13-4-7-15(21-3)8-5-13/h4-10,20H,11H2,1-3H3. The first-order chi connectivity index (χ1) is 10.0. The van der Waals surface area contributed by atoms with Gasteiger partial charge >= 0.3 is 0 Å². The van der Waals surface area contributed by atoms with Gasteiger partial charge in [0, 0.05) is 25.3 Å². The minimum atomic E-state index is -0.142. The smallest absolute Gasteiger partial charge is 0.163 e. The van der Waals surface area contributed by atoms with Crippen molar-refractivity contribution in [2.24, 2.45) is 0 Å². The SMILES string of the molecule is COc1ccc(CN(C)c2ccc(C(C)=O)c(O)c2)cc1. The van der Waals surface area contributed by atoms with Crippen molar-refractivity contribution in [1.29, 1.82) is 0 Å². The molecular formula is C17H19NO3. The molecule has 4 nitrogen and oxygen atoms in total. The van der Waals surface area contributed by atoms with Crippen molar-refractivity contribution in [3.63, 3.8) is 0 Å². The molecule has 0 heterocycles. The van der Waals surface area contributed by atoms with Gasteiger partial charge in [-0.1, -0.05) is 12.1 Å². The fourth-order valence-electron chi connectivity index (χ4n) is 2.15. The molecule has 2 rings (SSSR count). The van der Waals surface area contributed by atoms with E-state index in [-0.39, 0.29) is 11.5 Å². The molecule has 4 heteroatoms. The zero-order valence-corrected chi connectivity index (χ0v) is 12.5. The molecule has 0 aromatic heterocycles. The predicted molar refractivity (Wildman–Crippen MR) is 83.2 cm³/mol. The molecule has 0 aliphatic carbocycles. The lowest BCUT2D eigenvalue weighted by molar-refractivity contribution is 0.101. The maximum atomic E-state index is 11.3. The maximum Gasteiger partial charge on any atom is 0.163 e. The second kappa shape index (κ2) is 6.31. The van der Waals surface area contributed by atoms with Crippen LogP contribution in [0.1, 0.15) is 22.8 Å². The number of ether oxygens (including phenoxy) is 1. The Bertz CT molecular complexity index is 635. The molecule has 21 heavy (non-hydrogen) atoms. The number of hydrogen-bond acceptors (Lipinski definition) is 4. The molecular weight excluding hydrogens is 266 g/mol. The summed E-state index contributed by atoms with van der Waals surface area (Å²) in [5.74, 6) is 0.697. The number of carbonyl (C=O) groups excluding carboxylic acids is 1. The summed E-state index contributed by atoms with van der Waals surface area (Å²) in [5.41, 5.74) is 2.33. The Labute approximate surface area is 124 Å². The summed E-state index contributed by atoms with van der Waals surface area (Å²) in [6.07, 6.45) is 0. The first kappa shape index (κ1) is 14.9. The van der Waals surface area contributed by atoms with Crippen LogP contribution in [-0.4, -0.2) is 25.0 Å². The number of Topliss-reactive ketones (excluding diaryl/α,β-unsaturated/α-hetero) is 1. The average molecular weight is 285 g/mol. The summed E-state index contributed by atoms with van der Waals surface area (Å²) < 4.78 is 5.13. The van der Waals surface area contributed by atoms with Crippen LogP contribution < -0.4 is 9.64 Å². The van der Waals surface area contributed by atoms with Crippen molar-refractivity contribution in [3.8, 4) is 11.5 Å². The zero-order chi connectivity index (χ0) is 15.4. The number of hydrogen-bond donors (Lipinski definition) is 1.